The van der Waals surface area contributed by atoms with Crippen LogP contribution < -0.4 is 15.6 Å². The Kier molecular flexibility index (Phi) is 8.73. The fraction of sp³-hybridized carbons (Fsp3) is 0.240. The first-order valence-electron chi connectivity index (χ1n) is 10.7. The number of benzene rings is 2. The maximum atomic E-state index is 12.7. The van der Waals surface area contributed by atoms with Gasteiger partial charge < -0.3 is 19.4 Å². The summed E-state index contributed by atoms with van der Waals surface area (Å²) < 4.78 is 12.3. The van der Waals surface area contributed by atoms with Crippen molar-refractivity contribution >= 4 is 46.9 Å². The molecule has 1 N–H and O–H groups in total. The van der Waals surface area contributed by atoms with E-state index in [1.165, 1.54) is 12.2 Å². The van der Waals surface area contributed by atoms with Crippen molar-refractivity contribution in [2.24, 2.45) is 0 Å². The van der Waals surface area contributed by atoms with Crippen LogP contribution in [0.5, 0.6) is 5.75 Å². The maximum absolute atomic E-state index is 12.7. The largest absolute Gasteiger partial charge is 0.489 e. The minimum Gasteiger partial charge on any atom is -0.489 e. The monoisotopic (exact) mass is 501 g/mol. The number of ether oxygens (including phenoxy) is 2. The van der Waals surface area contributed by atoms with Crippen LogP contribution >= 0.6 is 23.2 Å². The SMILES string of the molecule is CCOC(=O)C=Cc1cn(Cc2ccc(Cl)cc2)c(Nc2ccc(OC(C)C)c(Cl)c2)nc1=O. The molecule has 9 heteroatoms. The minimum absolute atomic E-state index is 0.0160. The van der Waals surface area contributed by atoms with Crippen molar-refractivity contribution in [3.8, 4) is 5.75 Å². The number of hydrogen-bond acceptors (Lipinski definition) is 6. The fourth-order valence-electron chi connectivity index (χ4n) is 3.04. The van der Waals surface area contributed by atoms with Gasteiger partial charge in [-0.1, -0.05) is 35.3 Å². The van der Waals surface area contributed by atoms with Crippen LogP contribution in [0.3, 0.4) is 0 Å². The van der Waals surface area contributed by atoms with Gasteiger partial charge in [0.15, 0.2) is 0 Å². The summed E-state index contributed by atoms with van der Waals surface area (Å²) in [6.45, 7) is 6.18. The topological polar surface area (TPSA) is 82.4 Å². The zero-order valence-corrected chi connectivity index (χ0v) is 20.6. The summed E-state index contributed by atoms with van der Waals surface area (Å²) in [5.74, 6) is 0.335. The Bertz CT molecular complexity index is 1240. The first kappa shape index (κ1) is 25.3. The third-order valence-corrected chi connectivity index (χ3v) is 5.07. The lowest BCUT2D eigenvalue weighted by molar-refractivity contribution is -0.137. The van der Waals surface area contributed by atoms with Crippen LogP contribution in [0.2, 0.25) is 10.0 Å². The number of rotatable bonds is 9. The number of aromatic nitrogens is 2. The maximum Gasteiger partial charge on any atom is 0.330 e. The first-order chi connectivity index (χ1) is 16.2. The van der Waals surface area contributed by atoms with Crippen molar-refractivity contribution in [2.45, 2.75) is 33.4 Å². The van der Waals surface area contributed by atoms with Gasteiger partial charge >= 0.3 is 5.97 Å². The standard InChI is InChI=1S/C25H25Cl2N3O4/c1-4-33-23(31)12-7-18-15-30(14-17-5-8-19(26)9-6-17)25(29-24(18)32)28-20-10-11-22(21(27)13-20)34-16(2)3/h5-13,15-16H,4,14H2,1-3H3,(H,28,29,32). The molecule has 0 amide bonds. The molecule has 3 rings (SSSR count). The molecule has 7 nitrogen and oxygen atoms in total. The summed E-state index contributed by atoms with van der Waals surface area (Å²) in [5, 5.41) is 4.20. The van der Waals surface area contributed by atoms with Crippen LogP contribution in [0, 0.1) is 0 Å². The number of hydrogen-bond donors (Lipinski definition) is 1. The van der Waals surface area contributed by atoms with E-state index in [4.69, 9.17) is 32.7 Å². The molecule has 2 aromatic carbocycles. The predicted octanol–water partition coefficient (Wildman–Crippen LogP) is 5.71. The smallest absolute Gasteiger partial charge is 0.330 e. The van der Waals surface area contributed by atoms with Crippen LogP contribution in [-0.4, -0.2) is 28.2 Å². The predicted molar refractivity (Wildman–Crippen MR) is 135 cm³/mol. The van der Waals surface area contributed by atoms with Crippen LogP contribution in [-0.2, 0) is 16.1 Å². The number of halogens is 2. The van der Waals surface area contributed by atoms with E-state index in [9.17, 15) is 9.59 Å². The molecule has 0 unspecified atom stereocenters. The van der Waals surface area contributed by atoms with E-state index >= 15 is 0 Å². The molecular weight excluding hydrogens is 477 g/mol. The van der Waals surface area contributed by atoms with Gasteiger partial charge in [-0.15, -0.1) is 0 Å². The Morgan fingerprint density at radius 2 is 1.91 bits per heavy atom. The lowest BCUT2D eigenvalue weighted by Crippen LogP contribution is -2.19. The van der Waals surface area contributed by atoms with Crippen LogP contribution in [0.15, 0.2) is 59.5 Å². The first-order valence-corrected chi connectivity index (χ1v) is 11.4. The van der Waals surface area contributed by atoms with Gasteiger partial charge in [-0.3, -0.25) is 4.79 Å². The average molecular weight is 502 g/mol. The van der Waals surface area contributed by atoms with Crippen LogP contribution in [0.25, 0.3) is 6.08 Å². The van der Waals surface area contributed by atoms with Crippen molar-refractivity contribution in [3.63, 3.8) is 0 Å². The molecule has 0 radical (unpaired) electrons. The highest BCUT2D eigenvalue weighted by molar-refractivity contribution is 6.32. The molecule has 0 bridgehead atoms. The summed E-state index contributed by atoms with van der Waals surface area (Å²) in [4.78, 5) is 28.5. The molecule has 3 aromatic rings. The molecule has 0 aliphatic carbocycles. The molecule has 0 saturated heterocycles. The number of nitrogens with one attached hydrogen (secondary N) is 1. The quantitative estimate of drug-likeness (QED) is 0.298. The average Bonchev–Trinajstić information content (AvgIpc) is 2.78. The van der Waals surface area contributed by atoms with E-state index in [0.717, 1.165) is 5.56 Å². The highest BCUT2D eigenvalue weighted by Gasteiger charge is 2.11. The summed E-state index contributed by atoms with van der Waals surface area (Å²) in [6.07, 6.45) is 4.21. The molecule has 34 heavy (non-hydrogen) atoms. The molecule has 0 atom stereocenters. The molecule has 0 spiro atoms. The van der Waals surface area contributed by atoms with Crippen molar-refractivity contribution < 1.29 is 14.3 Å². The van der Waals surface area contributed by atoms with Crippen molar-refractivity contribution in [2.75, 3.05) is 11.9 Å². The van der Waals surface area contributed by atoms with Gasteiger partial charge in [0.25, 0.3) is 5.56 Å². The molecule has 1 heterocycles. The van der Waals surface area contributed by atoms with Gasteiger partial charge in [0.1, 0.15) is 5.75 Å². The van der Waals surface area contributed by atoms with Gasteiger partial charge in [-0.2, -0.15) is 4.98 Å². The number of carbonyl (C=O) groups is 1. The van der Waals surface area contributed by atoms with E-state index in [0.29, 0.717) is 34.0 Å². The second-order valence-corrected chi connectivity index (χ2v) is 8.45. The van der Waals surface area contributed by atoms with Crippen molar-refractivity contribution in [1.29, 1.82) is 0 Å². The van der Waals surface area contributed by atoms with E-state index in [-0.39, 0.29) is 18.3 Å². The highest BCUT2D eigenvalue weighted by Crippen LogP contribution is 2.29. The second kappa shape index (κ2) is 11.7. The molecule has 0 fully saturated rings. The minimum atomic E-state index is -0.535. The summed E-state index contributed by atoms with van der Waals surface area (Å²) in [5.41, 5.74) is 1.32. The fourth-order valence-corrected chi connectivity index (χ4v) is 3.39. The molecule has 1 aromatic heterocycles. The number of anilines is 2. The van der Waals surface area contributed by atoms with Crippen LogP contribution in [0.1, 0.15) is 31.9 Å². The Morgan fingerprint density at radius 3 is 2.56 bits per heavy atom. The Balaban J connectivity index is 1.96. The molecule has 178 valence electrons. The number of nitrogens with zero attached hydrogens (tertiary/aromatic N) is 2. The molecule has 0 saturated carbocycles. The molecule has 0 aliphatic rings. The van der Waals surface area contributed by atoms with E-state index in [1.54, 1.807) is 48.0 Å². The zero-order valence-electron chi connectivity index (χ0n) is 19.0. The third kappa shape index (κ3) is 7.10. The summed E-state index contributed by atoms with van der Waals surface area (Å²) in [7, 11) is 0. The van der Waals surface area contributed by atoms with Gasteiger partial charge in [0, 0.05) is 23.0 Å². The Labute approximate surface area is 207 Å². The second-order valence-electron chi connectivity index (χ2n) is 7.60. The van der Waals surface area contributed by atoms with E-state index in [1.807, 2.05) is 26.0 Å². The van der Waals surface area contributed by atoms with E-state index in [2.05, 4.69) is 10.3 Å². The van der Waals surface area contributed by atoms with Gasteiger partial charge in [0.05, 0.1) is 29.8 Å². The Morgan fingerprint density at radius 1 is 1.18 bits per heavy atom. The number of carbonyl (C=O) groups excluding carboxylic acids is 1. The van der Waals surface area contributed by atoms with Crippen molar-refractivity contribution in [1.82, 2.24) is 9.55 Å². The number of esters is 1. The lowest BCUT2D eigenvalue weighted by Gasteiger charge is -2.16. The molecular formula is C25H25Cl2N3O4. The Hall–Kier alpha value is -3.29. The summed E-state index contributed by atoms with van der Waals surface area (Å²) >= 11 is 12.4. The van der Waals surface area contributed by atoms with Gasteiger partial charge in [-0.25, -0.2) is 4.79 Å². The lowest BCUT2D eigenvalue weighted by atomic mass is 10.2. The van der Waals surface area contributed by atoms with Crippen LogP contribution in [0.4, 0.5) is 11.6 Å². The highest BCUT2D eigenvalue weighted by atomic mass is 35.5. The van der Waals surface area contributed by atoms with Gasteiger partial charge in [-0.05, 0) is 62.7 Å². The third-order valence-electron chi connectivity index (χ3n) is 4.52. The van der Waals surface area contributed by atoms with Gasteiger partial charge in [0.2, 0.25) is 5.95 Å². The molecule has 0 aliphatic heterocycles. The van der Waals surface area contributed by atoms with Crippen molar-refractivity contribution in [3.05, 3.63) is 86.3 Å². The van der Waals surface area contributed by atoms with E-state index < -0.39 is 11.5 Å². The normalized spacial score (nSPS) is 11.1. The zero-order chi connectivity index (χ0) is 24.7. The summed E-state index contributed by atoms with van der Waals surface area (Å²) in [6, 6.07) is 12.6.